The van der Waals surface area contributed by atoms with Gasteiger partial charge in [-0.25, -0.2) is 0 Å². The molecule has 5 heteroatoms. The zero-order valence-corrected chi connectivity index (χ0v) is 9.40. The molecule has 1 amide bonds. The number of hydrogen-bond donors (Lipinski definition) is 2. The first kappa shape index (κ1) is 12.3. The molecule has 0 aliphatic carbocycles. The predicted octanol–water partition coefficient (Wildman–Crippen LogP) is 0.147. The summed E-state index contributed by atoms with van der Waals surface area (Å²) in [5.41, 5.74) is 5.16. The number of carbonyl (C=O) groups is 1. The topological polar surface area (TPSA) is 73.6 Å². The predicted molar refractivity (Wildman–Crippen MR) is 60.5 cm³/mol. The van der Waals surface area contributed by atoms with E-state index in [9.17, 15) is 4.79 Å². The van der Waals surface area contributed by atoms with E-state index in [1.807, 2.05) is 12.1 Å². The van der Waals surface area contributed by atoms with Crippen LogP contribution >= 0.6 is 0 Å². The maximum Gasteiger partial charge on any atom is 0.238 e. The fraction of sp³-hybridized carbons (Fsp3) is 0.364. The summed E-state index contributed by atoms with van der Waals surface area (Å²) in [5, 5.41) is 2.77. The Morgan fingerprint density at radius 2 is 2.19 bits per heavy atom. The molecule has 0 fully saturated rings. The molecule has 0 aliphatic heterocycles. The van der Waals surface area contributed by atoms with Crippen LogP contribution in [0.5, 0.6) is 11.5 Å². The monoisotopic (exact) mass is 224 g/mol. The number of hydrogen-bond acceptors (Lipinski definition) is 4. The molecule has 0 aromatic heterocycles. The van der Waals surface area contributed by atoms with Crippen LogP contribution in [0.3, 0.4) is 0 Å². The Morgan fingerprint density at radius 1 is 1.50 bits per heavy atom. The van der Waals surface area contributed by atoms with Crippen molar-refractivity contribution in [2.75, 3.05) is 20.8 Å². The lowest BCUT2D eigenvalue weighted by Gasteiger charge is -2.13. The third-order valence-electron chi connectivity index (χ3n) is 2.15. The van der Waals surface area contributed by atoms with Crippen molar-refractivity contribution in [2.24, 2.45) is 5.73 Å². The van der Waals surface area contributed by atoms with Crippen LogP contribution in [-0.4, -0.2) is 32.7 Å². The van der Waals surface area contributed by atoms with E-state index >= 15 is 0 Å². The summed E-state index contributed by atoms with van der Waals surface area (Å²) < 4.78 is 10.5. The van der Waals surface area contributed by atoms with Crippen molar-refractivity contribution in [3.05, 3.63) is 24.3 Å². The van der Waals surface area contributed by atoms with Gasteiger partial charge in [0.15, 0.2) is 0 Å². The van der Waals surface area contributed by atoms with Gasteiger partial charge < -0.3 is 20.5 Å². The molecule has 5 nitrogen and oxygen atoms in total. The lowest BCUT2D eigenvalue weighted by atomic mass is 10.3. The largest absolute Gasteiger partial charge is 0.497 e. The summed E-state index contributed by atoms with van der Waals surface area (Å²) in [6.45, 7) is 0.193. The number of likely N-dealkylation sites (N-methyl/N-ethyl adjacent to an activating group) is 1. The number of carbonyl (C=O) groups excluding carboxylic acids is 1. The van der Waals surface area contributed by atoms with E-state index in [1.165, 1.54) is 0 Å². The Balaban J connectivity index is 2.56. The number of ether oxygens (including phenoxy) is 2. The average molecular weight is 224 g/mol. The van der Waals surface area contributed by atoms with E-state index in [4.69, 9.17) is 15.2 Å². The molecular formula is C11H16N2O3. The summed E-state index contributed by atoms with van der Waals surface area (Å²) in [6.07, 6.45) is 0. The van der Waals surface area contributed by atoms with Crippen LogP contribution in [0, 0.1) is 0 Å². The van der Waals surface area contributed by atoms with Gasteiger partial charge in [0.2, 0.25) is 5.91 Å². The smallest absolute Gasteiger partial charge is 0.238 e. The van der Waals surface area contributed by atoms with Gasteiger partial charge in [0, 0.05) is 6.07 Å². The van der Waals surface area contributed by atoms with Gasteiger partial charge in [0.25, 0.3) is 0 Å². The zero-order valence-electron chi connectivity index (χ0n) is 9.40. The normalized spacial score (nSPS) is 11.9. The van der Waals surface area contributed by atoms with Crippen molar-refractivity contribution >= 4 is 5.91 Å². The van der Waals surface area contributed by atoms with Crippen LogP contribution in [-0.2, 0) is 4.79 Å². The average Bonchev–Trinajstić information content (AvgIpc) is 2.29. The Labute approximate surface area is 94.5 Å². The van der Waals surface area contributed by atoms with Crippen LogP contribution in [0.1, 0.15) is 0 Å². The molecule has 1 aromatic carbocycles. The Morgan fingerprint density at radius 3 is 2.75 bits per heavy atom. The van der Waals surface area contributed by atoms with E-state index < -0.39 is 11.9 Å². The summed E-state index contributed by atoms with van der Waals surface area (Å²) in [5.74, 6) is 0.906. The van der Waals surface area contributed by atoms with Crippen molar-refractivity contribution in [3.8, 4) is 11.5 Å². The Bertz CT molecular complexity index is 355. The van der Waals surface area contributed by atoms with E-state index in [-0.39, 0.29) is 6.61 Å². The highest BCUT2D eigenvalue weighted by molar-refractivity contribution is 5.79. The molecule has 0 bridgehead atoms. The van der Waals surface area contributed by atoms with Crippen molar-refractivity contribution in [2.45, 2.75) is 6.04 Å². The molecule has 3 N–H and O–H groups in total. The number of primary amides is 1. The highest BCUT2D eigenvalue weighted by atomic mass is 16.5. The van der Waals surface area contributed by atoms with E-state index in [2.05, 4.69) is 5.32 Å². The third kappa shape index (κ3) is 3.43. The summed E-state index contributed by atoms with van der Waals surface area (Å²) >= 11 is 0. The van der Waals surface area contributed by atoms with Gasteiger partial charge in [-0.05, 0) is 19.2 Å². The van der Waals surface area contributed by atoms with Crippen LogP contribution < -0.4 is 20.5 Å². The van der Waals surface area contributed by atoms with Gasteiger partial charge >= 0.3 is 0 Å². The van der Waals surface area contributed by atoms with E-state index in [0.29, 0.717) is 11.5 Å². The third-order valence-corrected chi connectivity index (χ3v) is 2.15. The zero-order chi connectivity index (χ0) is 12.0. The molecule has 16 heavy (non-hydrogen) atoms. The molecule has 1 aromatic rings. The molecule has 0 saturated heterocycles. The molecule has 0 saturated carbocycles. The van der Waals surface area contributed by atoms with E-state index in [0.717, 1.165) is 0 Å². The minimum atomic E-state index is -0.494. The van der Waals surface area contributed by atoms with Gasteiger partial charge in [0.05, 0.1) is 7.11 Å². The van der Waals surface area contributed by atoms with Crippen molar-refractivity contribution in [1.29, 1.82) is 0 Å². The summed E-state index contributed by atoms with van der Waals surface area (Å²) in [6, 6.07) is 6.67. The fourth-order valence-electron chi connectivity index (χ4n) is 1.18. The second-order valence-corrected chi connectivity index (χ2v) is 3.23. The van der Waals surface area contributed by atoms with Gasteiger partial charge in [-0.3, -0.25) is 4.79 Å². The number of rotatable bonds is 6. The van der Waals surface area contributed by atoms with Crippen molar-refractivity contribution in [1.82, 2.24) is 5.32 Å². The molecule has 1 atom stereocenters. The summed E-state index contributed by atoms with van der Waals surface area (Å²) in [7, 11) is 3.24. The molecule has 88 valence electrons. The van der Waals surface area contributed by atoms with Crippen LogP contribution in [0.2, 0.25) is 0 Å². The summed E-state index contributed by atoms with van der Waals surface area (Å²) in [4.78, 5) is 10.9. The standard InChI is InChI=1S/C11H16N2O3/c1-13-10(11(12)14)7-16-9-5-3-4-8(6-9)15-2/h3-6,10,13H,7H2,1-2H3,(H2,12,14). The molecular weight excluding hydrogens is 208 g/mol. The van der Waals surface area contributed by atoms with Gasteiger partial charge in [-0.2, -0.15) is 0 Å². The van der Waals surface area contributed by atoms with Crippen molar-refractivity contribution in [3.63, 3.8) is 0 Å². The first-order valence-electron chi connectivity index (χ1n) is 4.90. The number of methoxy groups -OCH3 is 1. The quantitative estimate of drug-likeness (QED) is 0.721. The maximum atomic E-state index is 10.9. The maximum absolute atomic E-state index is 10.9. The first-order valence-corrected chi connectivity index (χ1v) is 4.90. The number of nitrogens with one attached hydrogen (secondary N) is 1. The number of benzene rings is 1. The number of amides is 1. The van der Waals surface area contributed by atoms with Crippen LogP contribution in [0.25, 0.3) is 0 Å². The molecule has 0 spiro atoms. The molecule has 0 heterocycles. The highest BCUT2D eigenvalue weighted by Gasteiger charge is 2.13. The Hall–Kier alpha value is -1.75. The van der Waals surface area contributed by atoms with Crippen molar-refractivity contribution < 1.29 is 14.3 Å². The Kier molecular flexibility index (Phi) is 4.60. The minimum absolute atomic E-state index is 0.193. The molecule has 0 radical (unpaired) electrons. The van der Waals surface area contributed by atoms with Crippen LogP contribution in [0.15, 0.2) is 24.3 Å². The molecule has 0 aliphatic rings. The fourth-order valence-corrected chi connectivity index (χ4v) is 1.18. The molecule has 1 rings (SSSR count). The van der Waals surface area contributed by atoms with Gasteiger partial charge in [0.1, 0.15) is 24.1 Å². The van der Waals surface area contributed by atoms with Gasteiger partial charge in [-0.1, -0.05) is 6.07 Å². The molecule has 1 unspecified atom stereocenters. The van der Waals surface area contributed by atoms with Crippen LogP contribution in [0.4, 0.5) is 0 Å². The number of nitrogens with two attached hydrogens (primary N) is 1. The minimum Gasteiger partial charge on any atom is -0.497 e. The highest BCUT2D eigenvalue weighted by Crippen LogP contribution is 2.18. The van der Waals surface area contributed by atoms with E-state index in [1.54, 1.807) is 26.3 Å². The second-order valence-electron chi connectivity index (χ2n) is 3.23. The SMILES string of the molecule is CNC(COc1cccc(OC)c1)C(N)=O. The lowest BCUT2D eigenvalue weighted by molar-refractivity contribution is -0.120. The lowest BCUT2D eigenvalue weighted by Crippen LogP contribution is -2.43. The van der Waals surface area contributed by atoms with Gasteiger partial charge in [-0.15, -0.1) is 0 Å². The second kappa shape index (κ2) is 5.97. The first-order chi connectivity index (χ1) is 7.67.